The Bertz CT molecular complexity index is 967. The van der Waals surface area contributed by atoms with Gasteiger partial charge < -0.3 is 19.5 Å². The Morgan fingerprint density at radius 2 is 1.52 bits per heavy atom. The third-order valence-corrected chi connectivity index (χ3v) is 5.67. The number of nitrogens with one attached hydrogen (secondary N) is 1. The van der Waals surface area contributed by atoms with Gasteiger partial charge in [0.05, 0.1) is 39.4 Å². The zero-order valence-corrected chi connectivity index (χ0v) is 17.8. The Hall–Kier alpha value is -3.31. The maximum atomic E-state index is 13.1. The van der Waals surface area contributed by atoms with E-state index in [4.69, 9.17) is 14.2 Å². The fourth-order valence-electron chi connectivity index (χ4n) is 3.99. The molecule has 1 heterocycles. The Morgan fingerprint density at radius 1 is 0.935 bits per heavy atom. The molecule has 31 heavy (non-hydrogen) atoms. The number of hydrogen-bond donors (Lipinski definition) is 1. The Morgan fingerprint density at radius 3 is 2.10 bits per heavy atom. The van der Waals surface area contributed by atoms with Gasteiger partial charge in [-0.25, -0.2) is 0 Å². The molecule has 160 valence electrons. The molecule has 1 amide bonds. The summed E-state index contributed by atoms with van der Waals surface area (Å²) in [5.41, 5.74) is 4.32. The van der Waals surface area contributed by atoms with E-state index in [2.05, 4.69) is 17.4 Å². The van der Waals surface area contributed by atoms with Crippen molar-refractivity contribution in [3.05, 3.63) is 95.1 Å². The van der Waals surface area contributed by atoms with Crippen molar-refractivity contribution in [1.29, 1.82) is 0 Å². The predicted molar refractivity (Wildman–Crippen MR) is 119 cm³/mol. The van der Waals surface area contributed by atoms with Gasteiger partial charge in [-0.2, -0.15) is 0 Å². The van der Waals surface area contributed by atoms with Gasteiger partial charge in [0.25, 0.3) is 0 Å². The van der Waals surface area contributed by atoms with E-state index < -0.39 is 0 Å². The van der Waals surface area contributed by atoms with E-state index in [1.807, 2.05) is 60.7 Å². The van der Waals surface area contributed by atoms with Crippen LogP contribution >= 0.6 is 0 Å². The third-order valence-electron chi connectivity index (χ3n) is 5.67. The molecule has 0 aromatic heterocycles. The quantitative estimate of drug-likeness (QED) is 0.610. The molecule has 0 radical (unpaired) electrons. The van der Waals surface area contributed by atoms with Gasteiger partial charge in [-0.3, -0.25) is 4.79 Å². The summed E-state index contributed by atoms with van der Waals surface area (Å²) in [6, 6.07) is 23.4. The second kappa shape index (κ2) is 9.67. The summed E-state index contributed by atoms with van der Waals surface area (Å²) in [7, 11) is 3.28. The molecule has 0 spiro atoms. The number of amides is 1. The van der Waals surface area contributed by atoms with Crippen LogP contribution in [0.15, 0.2) is 72.8 Å². The van der Waals surface area contributed by atoms with Gasteiger partial charge in [0.1, 0.15) is 11.5 Å². The Labute approximate surface area is 183 Å². The number of rotatable bonds is 7. The molecule has 5 heteroatoms. The van der Waals surface area contributed by atoms with E-state index in [9.17, 15) is 4.79 Å². The summed E-state index contributed by atoms with van der Waals surface area (Å²) in [5.74, 6) is 1.49. The lowest BCUT2D eigenvalue weighted by molar-refractivity contribution is -0.124. The van der Waals surface area contributed by atoms with Crippen molar-refractivity contribution in [2.75, 3.05) is 20.8 Å². The Balaban J connectivity index is 1.56. The molecule has 4 rings (SSSR count). The average Bonchev–Trinajstić information content (AvgIpc) is 2.83. The molecular weight excluding hydrogens is 390 g/mol. The van der Waals surface area contributed by atoms with Crippen molar-refractivity contribution < 1.29 is 19.0 Å². The second-order valence-electron chi connectivity index (χ2n) is 7.56. The van der Waals surface area contributed by atoms with E-state index >= 15 is 0 Å². The van der Waals surface area contributed by atoms with Crippen molar-refractivity contribution >= 4 is 5.91 Å². The molecular formula is C26H27NO4. The highest BCUT2D eigenvalue weighted by atomic mass is 16.5. The first-order valence-electron chi connectivity index (χ1n) is 10.4. The molecule has 0 aliphatic carbocycles. The first-order valence-corrected chi connectivity index (χ1v) is 10.4. The van der Waals surface area contributed by atoms with Crippen LogP contribution in [0.2, 0.25) is 0 Å². The topological polar surface area (TPSA) is 56.8 Å². The van der Waals surface area contributed by atoms with Gasteiger partial charge in [0.15, 0.2) is 0 Å². The van der Waals surface area contributed by atoms with Crippen molar-refractivity contribution in [1.82, 2.24) is 5.32 Å². The maximum Gasteiger partial charge on any atom is 0.223 e. The molecule has 1 N–H and O–H groups in total. The van der Waals surface area contributed by atoms with Gasteiger partial charge in [-0.05, 0) is 52.9 Å². The summed E-state index contributed by atoms with van der Waals surface area (Å²) in [5, 5.41) is 3.20. The molecule has 1 atom stereocenters. The monoisotopic (exact) mass is 417 g/mol. The lowest BCUT2D eigenvalue weighted by Crippen LogP contribution is -2.31. The van der Waals surface area contributed by atoms with Crippen LogP contribution < -0.4 is 14.8 Å². The van der Waals surface area contributed by atoms with Crippen molar-refractivity contribution in [3.63, 3.8) is 0 Å². The summed E-state index contributed by atoms with van der Waals surface area (Å²) in [6.07, 6.45) is 0.936. The lowest BCUT2D eigenvalue weighted by Gasteiger charge is -2.27. The summed E-state index contributed by atoms with van der Waals surface area (Å²) in [6.45, 7) is 0.634. The maximum absolute atomic E-state index is 13.1. The standard InChI is InChI=1S/C26H27NO4/c1-29-21-11-7-19(8-12-21)26(20-9-13-22(30-2)14-10-20)27-25(28)17-24-23-6-4-3-5-18(23)15-16-31-24/h3-14,24,26H,15-17H2,1-2H3,(H,27,28). The lowest BCUT2D eigenvalue weighted by atomic mass is 9.94. The van der Waals surface area contributed by atoms with Crippen LogP contribution in [-0.4, -0.2) is 26.7 Å². The fourth-order valence-corrected chi connectivity index (χ4v) is 3.99. The van der Waals surface area contributed by atoms with Gasteiger partial charge in [0, 0.05) is 0 Å². The van der Waals surface area contributed by atoms with E-state index in [-0.39, 0.29) is 24.5 Å². The minimum absolute atomic E-state index is 0.0571. The molecule has 0 bridgehead atoms. The zero-order valence-electron chi connectivity index (χ0n) is 17.8. The fraction of sp³-hybridized carbons (Fsp3) is 0.269. The number of fused-ring (bicyclic) bond motifs is 1. The van der Waals surface area contributed by atoms with Crippen molar-refractivity contribution in [2.24, 2.45) is 0 Å². The normalized spacial score (nSPS) is 15.3. The number of carbonyl (C=O) groups excluding carboxylic acids is 1. The van der Waals surface area contributed by atoms with Gasteiger partial charge in [-0.1, -0.05) is 48.5 Å². The highest BCUT2D eigenvalue weighted by Crippen LogP contribution is 2.31. The van der Waals surface area contributed by atoms with Crippen LogP contribution in [0.4, 0.5) is 0 Å². The molecule has 0 fully saturated rings. The molecule has 3 aromatic rings. The van der Waals surface area contributed by atoms with E-state index in [1.165, 1.54) is 5.56 Å². The molecule has 0 saturated heterocycles. The van der Waals surface area contributed by atoms with Gasteiger partial charge in [-0.15, -0.1) is 0 Å². The van der Waals surface area contributed by atoms with E-state index in [0.717, 1.165) is 34.6 Å². The smallest absolute Gasteiger partial charge is 0.223 e. The number of ether oxygens (including phenoxy) is 3. The van der Waals surface area contributed by atoms with E-state index in [1.54, 1.807) is 14.2 Å². The van der Waals surface area contributed by atoms with Crippen LogP contribution in [0, 0.1) is 0 Å². The molecule has 5 nitrogen and oxygen atoms in total. The van der Waals surface area contributed by atoms with Crippen LogP contribution in [-0.2, 0) is 16.0 Å². The van der Waals surface area contributed by atoms with Crippen molar-refractivity contribution in [2.45, 2.75) is 25.0 Å². The van der Waals surface area contributed by atoms with Crippen LogP contribution in [0.25, 0.3) is 0 Å². The van der Waals surface area contributed by atoms with Crippen LogP contribution in [0.3, 0.4) is 0 Å². The van der Waals surface area contributed by atoms with Gasteiger partial charge in [0.2, 0.25) is 5.91 Å². The van der Waals surface area contributed by atoms with Crippen LogP contribution in [0.1, 0.15) is 40.8 Å². The first-order chi connectivity index (χ1) is 15.2. The highest BCUT2D eigenvalue weighted by molar-refractivity contribution is 5.78. The first kappa shape index (κ1) is 20.9. The molecule has 0 saturated carbocycles. The SMILES string of the molecule is COc1ccc(C(NC(=O)CC2OCCc3ccccc32)c2ccc(OC)cc2)cc1. The molecule has 1 unspecified atom stereocenters. The largest absolute Gasteiger partial charge is 0.497 e. The minimum atomic E-state index is -0.289. The molecule has 1 aliphatic heterocycles. The second-order valence-corrected chi connectivity index (χ2v) is 7.56. The highest BCUT2D eigenvalue weighted by Gasteiger charge is 2.25. The summed E-state index contributed by atoms with van der Waals surface area (Å²) in [4.78, 5) is 13.1. The molecule has 3 aromatic carbocycles. The number of benzene rings is 3. The third kappa shape index (κ3) is 4.89. The zero-order chi connectivity index (χ0) is 21.6. The summed E-state index contributed by atoms with van der Waals surface area (Å²) < 4.78 is 16.5. The van der Waals surface area contributed by atoms with Gasteiger partial charge >= 0.3 is 0 Å². The predicted octanol–water partition coefficient (Wildman–Crippen LogP) is 4.61. The minimum Gasteiger partial charge on any atom is -0.497 e. The van der Waals surface area contributed by atoms with Crippen molar-refractivity contribution in [3.8, 4) is 11.5 Å². The Kier molecular flexibility index (Phi) is 6.53. The average molecular weight is 418 g/mol. The molecule has 1 aliphatic rings. The number of carbonyl (C=O) groups is 1. The van der Waals surface area contributed by atoms with E-state index in [0.29, 0.717) is 6.61 Å². The number of hydrogen-bond acceptors (Lipinski definition) is 4. The number of methoxy groups -OCH3 is 2. The summed E-state index contributed by atoms with van der Waals surface area (Å²) >= 11 is 0. The van der Waals surface area contributed by atoms with Crippen LogP contribution in [0.5, 0.6) is 11.5 Å².